The summed E-state index contributed by atoms with van der Waals surface area (Å²) < 4.78 is 22.7. The van der Waals surface area contributed by atoms with Crippen LogP contribution < -0.4 is 20.1 Å². The Morgan fingerprint density at radius 1 is 1.05 bits per heavy atom. The van der Waals surface area contributed by atoms with Crippen molar-refractivity contribution in [3.8, 4) is 29.1 Å². The lowest BCUT2D eigenvalue weighted by Gasteiger charge is -2.32. The molecule has 3 aromatic rings. The number of rotatable bonds is 12. The molecule has 0 spiro atoms. The molecule has 1 aliphatic heterocycles. The van der Waals surface area contributed by atoms with Gasteiger partial charge in [-0.2, -0.15) is 5.26 Å². The van der Waals surface area contributed by atoms with E-state index >= 15 is 0 Å². The van der Waals surface area contributed by atoms with Crippen LogP contribution in [0, 0.1) is 11.3 Å². The molecule has 8 nitrogen and oxygen atoms in total. The van der Waals surface area contributed by atoms with E-state index in [2.05, 4.69) is 28.8 Å². The number of benzene rings is 3. The molecule has 0 bridgehead atoms. The largest absolute Gasteiger partial charge is 0.506 e. The number of nitrogens with one attached hydrogen (secondary N) is 2. The fourth-order valence-electron chi connectivity index (χ4n) is 4.59. The Balaban J connectivity index is 1.38. The van der Waals surface area contributed by atoms with Gasteiger partial charge in [0.15, 0.2) is 0 Å². The van der Waals surface area contributed by atoms with Gasteiger partial charge in [0.25, 0.3) is 0 Å². The molecule has 0 saturated carbocycles. The highest BCUT2D eigenvalue weighted by Crippen LogP contribution is 2.33. The van der Waals surface area contributed by atoms with Crippen molar-refractivity contribution in [3.63, 3.8) is 0 Å². The second-order valence-electron chi connectivity index (χ2n) is 9.22. The van der Waals surface area contributed by atoms with E-state index in [1.807, 2.05) is 24.3 Å². The highest BCUT2D eigenvalue weighted by molar-refractivity contribution is 5.57. The van der Waals surface area contributed by atoms with Crippen molar-refractivity contribution in [1.82, 2.24) is 5.32 Å². The van der Waals surface area contributed by atoms with Crippen molar-refractivity contribution in [1.29, 1.82) is 5.26 Å². The monoisotopic (exact) mass is 517 g/mol. The minimum atomic E-state index is 0.0187. The Morgan fingerprint density at radius 3 is 2.63 bits per heavy atom. The van der Waals surface area contributed by atoms with Crippen LogP contribution in [0.3, 0.4) is 0 Å². The minimum absolute atomic E-state index is 0.0187. The van der Waals surface area contributed by atoms with Gasteiger partial charge in [-0.25, -0.2) is 0 Å². The number of phenols is 1. The van der Waals surface area contributed by atoms with Crippen LogP contribution in [0.15, 0.2) is 60.7 Å². The molecule has 8 heteroatoms. The first-order valence-corrected chi connectivity index (χ1v) is 12.8. The van der Waals surface area contributed by atoms with Crippen LogP contribution in [0.25, 0.3) is 0 Å². The number of methoxy groups -OCH3 is 2. The van der Waals surface area contributed by atoms with Gasteiger partial charge in [-0.3, -0.25) is 0 Å². The van der Waals surface area contributed by atoms with E-state index in [-0.39, 0.29) is 17.8 Å². The van der Waals surface area contributed by atoms with Gasteiger partial charge in [0.2, 0.25) is 0 Å². The van der Waals surface area contributed by atoms with E-state index < -0.39 is 0 Å². The van der Waals surface area contributed by atoms with Gasteiger partial charge in [0, 0.05) is 38.8 Å². The van der Waals surface area contributed by atoms with E-state index in [0.29, 0.717) is 41.7 Å². The van der Waals surface area contributed by atoms with Crippen molar-refractivity contribution in [2.45, 2.75) is 31.5 Å². The second-order valence-corrected chi connectivity index (χ2v) is 9.22. The van der Waals surface area contributed by atoms with Crippen molar-refractivity contribution in [3.05, 3.63) is 77.4 Å². The first-order valence-electron chi connectivity index (χ1n) is 12.8. The fourth-order valence-corrected chi connectivity index (χ4v) is 4.59. The van der Waals surface area contributed by atoms with Crippen molar-refractivity contribution in [2.24, 2.45) is 0 Å². The zero-order valence-electron chi connectivity index (χ0n) is 21.9. The molecule has 3 aromatic carbocycles. The predicted molar refractivity (Wildman–Crippen MR) is 146 cm³/mol. The Labute approximate surface area is 224 Å². The van der Waals surface area contributed by atoms with Gasteiger partial charge in [-0.15, -0.1) is 0 Å². The summed E-state index contributed by atoms with van der Waals surface area (Å²) in [4.78, 5) is 0. The zero-order chi connectivity index (χ0) is 26.7. The molecule has 38 heavy (non-hydrogen) atoms. The summed E-state index contributed by atoms with van der Waals surface area (Å²) in [5, 5.41) is 26.1. The lowest BCUT2D eigenvalue weighted by molar-refractivity contribution is 0.0106. The third-order valence-corrected chi connectivity index (χ3v) is 6.63. The van der Waals surface area contributed by atoms with Crippen LogP contribution in [0.2, 0.25) is 0 Å². The summed E-state index contributed by atoms with van der Waals surface area (Å²) in [7, 11) is 3.22. The molecule has 3 N–H and O–H groups in total. The molecule has 0 aliphatic carbocycles. The molecular weight excluding hydrogens is 482 g/mol. The maximum atomic E-state index is 10.2. The minimum Gasteiger partial charge on any atom is -0.506 e. The number of aromatic hydroxyl groups is 1. The van der Waals surface area contributed by atoms with Crippen LogP contribution in [-0.4, -0.2) is 51.7 Å². The van der Waals surface area contributed by atoms with E-state index in [0.717, 1.165) is 38.0 Å². The molecule has 4 rings (SSSR count). The van der Waals surface area contributed by atoms with Crippen LogP contribution >= 0.6 is 0 Å². The highest BCUT2D eigenvalue weighted by atomic mass is 16.5. The molecule has 2 atom stereocenters. The molecule has 1 fully saturated rings. The third kappa shape index (κ3) is 7.17. The number of ether oxygens (including phenoxy) is 4. The van der Waals surface area contributed by atoms with Gasteiger partial charge < -0.3 is 34.7 Å². The molecule has 0 aromatic heterocycles. The summed E-state index contributed by atoms with van der Waals surface area (Å²) in [6.07, 6.45) is 1.85. The first kappa shape index (κ1) is 27.3. The van der Waals surface area contributed by atoms with E-state index in [4.69, 9.17) is 18.9 Å². The van der Waals surface area contributed by atoms with E-state index in [1.165, 1.54) is 12.7 Å². The Hall–Kier alpha value is -3.77. The number of nitrogens with zero attached hydrogens (tertiary/aromatic N) is 1. The molecule has 200 valence electrons. The summed E-state index contributed by atoms with van der Waals surface area (Å²) in [5.41, 5.74) is 3.38. The molecule has 1 saturated heterocycles. The topological polar surface area (TPSA) is 105 Å². The lowest BCUT2D eigenvalue weighted by atomic mass is 9.87. The smallest absolute Gasteiger partial charge is 0.140 e. The molecule has 1 aliphatic rings. The normalized spacial score (nSPS) is 17.0. The van der Waals surface area contributed by atoms with Crippen molar-refractivity contribution >= 4 is 5.69 Å². The molecule has 0 radical (unpaired) electrons. The lowest BCUT2D eigenvalue weighted by Crippen LogP contribution is -2.40. The van der Waals surface area contributed by atoms with Crippen LogP contribution in [0.1, 0.15) is 35.4 Å². The average molecular weight is 518 g/mol. The Kier molecular flexibility index (Phi) is 9.82. The van der Waals surface area contributed by atoms with Gasteiger partial charge in [-0.05, 0) is 66.9 Å². The Morgan fingerprint density at radius 2 is 1.87 bits per heavy atom. The first-order chi connectivity index (χ1) is 18.6. The second kappa shape index (κ2) is 13.7. The zero-order valence-corrected chi connectivity index (χ0v) is 21.9. The van der Waals surface area contributed by atoms with Crippen LogP contribution in [0.5, 0.6) is 23.0 Å². The van der Waals surface area contributed by atoms with Crippen molar-refractivity contribution in [2.75, 3.05) is 45.8 Å². The molecular formula is C30H35N3O5. The predicted octanol–water partition coefficient (Wildman–Crippen LogP) is 5.18. The third-order valence-electron chi connectivity index (χ3n) is 6.63. The number of nitriles is 1. The van der Waals surface area contributed by atoms with Gasteiger partial charge in [-0.1, -0.05) is 18.2 Å². The highest BCUT2D eigenvalue weighted by Gasteiger charge is 2.27. The number of phenolic OH excluding ortho intramolecular Hbond substituents is 1. The summed E-state index contributed by atoms with van der Waals surface area (Å²) in [6.45, 7) is 3.55. The summed E-state index contributed by atoms with van der Waals surface area (Å²) in [5.74, 6) is 2.29. The van der Waals surface area contributed by atoms with Gasteiger partial charge >= 0.3 is 0 Å². The van der Waals surface area contributed by atoms with Crippen LogP contribution in [0.4, 0.5) is 5.69 Å². The summed E-state index contributed by atoms with van der Waals surface area (Å²) in [6, 6.07) is 20.9. The Bertz CT molecular complexity index is 1230. The fraction of sp³-hybridized carbons (Fsp3) is 0.367. The van der Waals surface area contributed by atoms with E-state index in [9.17, 15) is 10.4 Å². The van der Waals surface area contributed by atoms with Gasteiger partial charge in [0.05, 0.1) is 31.1 Å². The quantitative estimate of drug-likeness (QED) is 0.223. The van der Waals surface area contributed by atoms with Gasteiger partial charge in [0.1, 0.15) is 29.1 Å². The molecule has 1 heterocycles. The van der Waals surface area contributed by atoms with Crippen molar-refractivity contribution < 1.29 is 24.1 Å². The number of piperidine rings is 1. The SMILES string of the molecule is COCCCNc1cc(CO[C@H]2CNCC[C@@H]2c2ccc(Oc3ccc(C#N)c(OC)c3)cc2)ccc1O. The number of hydrogen-bond donors (Lipinski definition) is 3. The molecule has 0 amide bonds. The maximum Gasteiger partial charge on any atom is 0.140 e. The standard InChI is InChI=1S/C30H35N3O5/c1-35-15-3-13-33-27-16-21(4-11-28(27)34)20-37-30-19-32-14-12-26(30)22-5-8-24(9-6-22)38-25-10-7-23(18-31)29(17-25)36-2/h4-11,16-17,26,30,32-34H,3,12-15,19-20H2,1-2H3/t26-,30+/m1/s1. The number of anilines is 1. The summed E-state index contributed by atoms with van der Waals surface area (Å²) >= 11 is 0. The van der Waals surface area contributed by atoms with E-state index in [1.54, 1.807) is 31.4 Å². The number of hydrogen-bond acceptors (Lipinski definition) is 8. The average Bonchev–Trinajstić information content (AvgIpc) is 2.96. The van der Waals surface area contributed by atoms with Crippen LogP contribution in [-0.2, 0) is 16.1 Å². The maximum absolute atomic E-state index is 10.2. The molecule has 0 unspecified atom stereocenters.